The van der Waals surface area contributed by atoms with Gasteiger partial charge in [0.2, 0.25) is 5.91 Å². The summed E-state index contributed by atoms with van der Waals surface area (Å²) in [5, 5.41) is 22.9. The van der Waals surface area contributed by atoms with Crippen LogP contribution in [0.5, 0.6) is 0 Å². The number of hydrogen-bond acceptors (Lipinski definition) is 5. The van der Waals surface area contributed by atoms with Gasteiger partial charge in [-0.3, -0.25) is 9.59 Å². The highest BCUT2D eigenvalue weighted by Gasteiger charge is 2.18. The zero-order valence-electron chi connectivity index (χ0n) is 37.1. The number of aliphatic hydroxyl groups is 2. The molecule has 2 atom stereocenters. The Morgan fingerprint density at radius 1 is 0.482 bits per heavy atom. The minimum Gasteiger partial charge on any atom is -0.466 e. The van der Waals surface area contributed by atoms with Crippen LogP contribution in [0.4, 0.5) is 0 Å². The highest BCUT2D eigenvalue weighted by atomic mass is 16.5. The quantitative estimate of drug-likeness (QED) is 0.0325. The second-order valence-corrected chi connectivity index (χ2v) is 16.4. The van der Waals surface area contributed by atoms with Crippen molar-refractivity contribution in [2.24, 2.45) is 0 Å². The fraction of sp³-hybridized carbons (Fsp3) is 0.840. The lowest BCUT2D eigenvalue weighted by Gasteiger charge is -2.20. The molecule has 2 unspecified atom stereocenters. The largest absolute Gasteiger partial charge is 0.466 e. The van der Waals surface area contributed by atoms with Crippen molar-refractivity contribution >= 4 is 11.9 Å². The Hall–Kier alpha value is -1.92. The van der Waals surface area contributed by atoms with Gasteiger partial charge in [-0.1, -0.05) is 185 Å². The molecule has 0 radical (unpaired) electrons. The van der Waals surface area contributed by atoms with Crippen molar-refractivity contribution in [2.75, 3.05) is 13.2 Å². The van der Waals surface area contributed by atoms with E-state index in [1.165, 1.54) is 141 Å². The maximum Gasteiger partial charge on any atom is 0.305 e. The molecule has 1 amide bonds. The van der Waals surface area contributed by atoms with E-state index >= 15 is 0 Å². The molecule has 0 aliphatic heterocycles. The van der Waals surface area contributed by atoms with Crippen molar-refractivity contribution < 1.29 is 24.5 Å². The molecule has 0 heterocycles. The van der Waals surface area contributed by atoms with Gasteiger partial charge in [0, 0.05) is 12.8 Å². The molecule has 56 heavy (non-hydrogen) atoms. The molecule has 0 aromatic heterocycles. The Morgan fingerprint density at radius 2 is 0.839 bits per heavy atom. The maximum atomic E-state index is 12.4. The van der Waals surface area contributed by atoms with Gasteiger partial charge in [0.05, 0.1) is 25.4 Å². The van der Waals surface area contributed by atoms with Gasteiger partial charge in [0.25, 0.3) is 0 Å². The number of nitrogens with one attached hydrogen (secondary N) is 1. The SMILES string of the molecule is CCCCCCCC/C=C\CCCCCCCCCC(=O)OCCCC/C=C\CCCCCCC(=O)NC(CO)C(O)/C=C/CCCCCCCCCCCC. The van der Waals surface area contributed by atoms with Crippen LogP contribution in [0.25, 0.3) is 0 Å². The smallest absolute Gasteiger partial charge is 0.305 e. The molecular formula is C50H93NO5. The van der Waals surface area contributed by atoms with Crippen molar-refractivity contribution in [2.45, 2.75) is 257 Å². The van der Waals surface area contributed by atoms with Crippen LogP contribution >= 0.6 is 0 Å². The van der Waals surface area contributed by atoms with Crippen molar-refractivity contribution in [3.63, 3.8) is 0 Å². The summed E-state index contributed by atoms with van der Waals surface area (Å²) in [6.45, 7) is 4.79. The van der Waals surface area contributed by atoms with Gasteiger partial charge in [-0.2, -0.15) is 0 Å². The summed E-state index contributed by atoms with van der Waals surface area (Å²) in [6, 6.07) is -0.652. The molecule has 0 rings (SSSR count). The van der Waals surface area contributed by atoms with Crippen molar-refractivity contribution in [3.05, 3.63) is 36.5 Å². The van der Waals surface area contributed by atoms with E-state index in [-0.39, 0.29) is 18.5 Å². The number of allylic oxidation sites excluding steroid dienone is 5. The van der Waals surface area contributed by atoms with Crippen LogP contribution < -0.4 is 5.32 Å². The molecule has 6 heteroatoms. The summed E-state index contributed by atoms with van der Waals surface area (Å²) in [5.41, 5.74) is 0. The third-order valence-corrected chi connectivity index (χ3v) is 10.9. The van der Waals surface area contributed by atoms with E-state index in [1.807, 2.05) is 6.08 Å². The van der Waals surface area contributed by atoms with Crippen molar-refractivity contribution in [1.29, 1.82) is 0 Å². The number of aliphatic hydroxyl groups excluding tert-OH is 2. The molecule has 0 saturated heterocycles. The molecule has 3 N–H and O–H groups in total. The van der Waals surface area contributed by atoms with Gasteiger partial charge in [-0.15, -0.1) is 0 Å². The van der Waals surface area contributed by atoms with E-state index in [9.17, 15) is 19.8 Å². The topological polar surface area (TPSA) is 95.9 Å². The molecule has 0 aliphatic rings. The first-order valence-electron chi connectivity index (χ1n) is 24.3. The van der Waals surface area contributed by atoms with Gasteiger partial charge >= 0.3 is 5.97 Å². The third-order valence-electron chi connectivity index (χ3n) is 10.9. The molecule has 0 spiro atoms. The summed E-state index contributed by atoms with van der Waals surface area (Å²) in [7, 11) is 0. The van der Waals surface area contributed by atoms with Gasteiger partial charge in [-0.05, 0) is 83.5 Å². The first-order valence-corrected chi connectivity index (χ1v) is 24.3. The van der Waals surface area contributed by atoms with Crippen molar-refractivity contribution in [3.8, 4) is 0 Å². The summed E-state index contributed by atoms with van der Waals surface area (Å²) < 4.78 is 5.43. The zero-order chi connectivity index (χ0) is 40.8. The summed E-state index contributed by atoms with van der Waals surface area (Å²) in [4.78, 5) is 24.4. The number of carbonyl (C=O) groups excluding carboxylic acids is 2. The van der Waals surface area contributed by atoms with Crippen molar-refractivity contribution in [1.82, 2.24) is 5.32 Å². The third kappa shape index (κ3) is 41.7. The van der Waals surface area contributed by atoms with Gasteiger partial charge in [-0.25, -0.2) is 0 Å². The predicted molar refractivity (Wildman–Crippen MR) is 241 cm³/mol. The average molecular weight is 788 g/mol. The van der Waals surface area contributed by atoms with Crippen LogP contribution in [-0.2, 0) is 14.3 Å². The Labute approximate surface area is 347 Å². The van der Waals surface area contributed by atoms with Gasteiger partial charge in [0.1, 0.15) is 0 Å². The lowest BCUT2D eigenvalue weighted by Crippen LogP contribution is -2.45. The maximum absolute atomic E-state index is 12.4. The van der Waals surface area contributed by atoms with Crippen LogP contribution in [0.3, 0.4) is 0 Å². The molecule has 0 bridgehead atoms. The standard InChI is InChI=1S/C50H93NO5/c1-3-5-7-9-11-13-15-17-18-19-20-21-23-28-32-36-40-44-50(55)56-45-41-37-33-29-25-24-27-31-35-39-43-49(54)51-47(46-52)48(53)42-38-34-30-26-22-16-14-12-10-8-6-4-2/h17-18,25,29,38,42,47-48,52-53H,3-16,19-24,26-28,30-37,39-41,43-46H2,1-2H3,(H,51,54)/b18-17-,29-25-,42-38+. The van der Waals surface area contributed by atoms with Crippen LogP contribution in [0.2, 0.25) is 0 Å². The molecule has 0 saturated carbocycles. The molecule has 328 valence electrons. The second-order valence-electron chi connectivity index (χ2n) is 16.4. The molecule has 0 aliphatic carbocycles. The normalized spacial score (nSPS) is 13.0. The van der Waals surface area contributed by atoms with Crippen LogP contribution in [0.1, 0.15) is 245 Å². The summed E-state index contributed by atoms with van der Waals surface area (Å²) in [6.07, 6.45) is 54.3. The minimum absolute atomic E-state index is 0.0428. The number of amides is 1. The summed E-state index contributed by atoms with van der Waals surface area (Å²) in [5.74, 6) is -0.149. The average Bonchev–Trinajstić information content (AvgIpc) is 3.20. The highest BCUT2D eigenvalue weighted by molar-refractivity contribution is 5.76. The second kappa shape index (κ2) is 45.8. The number of esters is 1. The fourth-order valence-electron chi connectivity index (χ4n) is 7.09. The number of hydrogen-bond donors (Lipinski definition) is 3. The van der Waals surface area contributed by atoms with Gasteiger partial charge in [0.15, 0.2) is 0 Å². The van der Waals surface area contributed by atoms with E-state index < -0.39 is 12.1 Å². The lowest BCUT2D eigenvalue weighted by atomic mass is 10.1. The number of unbranched alkanes of at least 4 members (excludes halogenated alkanes) is 29. The van der Waals surface area contributed by atoms with Crippen LogP contribution in [-0.4, -0.2) is 47.4 Å². The monoisotopic (exact) mass is 788 g/mol. The Kier molecular flexibility index (Phi) is 44.2. The first kappa shape index (κ1) is 54.1. The Balaban J connectivity index is 3.56. The summed E-state index contributed by atoms with van der Waals surface area (Å²) >= 11 is 0. The Morgan fingerprint density at radius 3 is 1.27 bits per heavy atom. The van der Waals surface area contributed by atoms with E-state index in [2.05, 4.69) is 43.5 Å². The lowest BCUT2D eigenvalue weighted by molar-refractivity contribution is -0.143. The van der Waals surface area contributed by atoms with Gasteiger partial charge < -0.3 is 20.3 Å². The van der Waals surface area contributed by atoms with Crippen LogP contribution in [0.15, 0.2) is 36.5 Å². The number of rotatable bonds is 44. The Bertz CT molecular complexity index is 915. The molecular weight excluding hydrogens is 695 g/mol. The first-order chi connectivity index (χ1) is 27.5. The fourth-order valence-corrected chi connectivity index (χ4v) is 7.09. The van der Waals surface area contributed by atoms with E-state index in [0.717, 1.165) is 77.0 Å². The van der Waals surface area contributed by atoms with E-state index in [1.54, 1.807) is 6.08 Å². The molecule has 0 aromatic carbocycles. The zero-order valence-corrected chi connectivity index (χ0v) is 37.1. The van der Waals surface area contributed by atoms with E-state index in [0.29, 0.717) is 19.4 Å². The predicted octanol–water partition coefficient (Wildman–Crippen LogP) is 14.1. The number of carbonyl (C=O) groups is 2. The highest BCUT2D eigenvalue weighted by Crippen LogP contribution is 2.14. The molecule has 6 nitrogen and oxygen atoms in total. The minimum atomic E-state index is -0.865. The molecule has 0 fully saturated rings. The molecule has 0 aromatic rings. The van der Waals surface area contributed by atoms with Crippen LogP contribution in [0, 0.1) is 0 Å². The number of ether oxygens (including phenoxy) is 1. The van der Waals surface area contributed by atoms with E-state index in [4.69, 9.17) is 4.74 Å².